The van der Waals surface area contributed by atoms with E-state index in [0.29, 0.717) is 5.56 Å². The molecule has 0 saturated carbocycles. The van der Waals surface area contributed by atoms with Crippen molar-refractivity contribution < 1.29 is 9.19 Å². The number of unbranched alkanes of at least 4 members (excludes halogenated alkanes) is 4. The largest absolute Gasteiger partial charge is 1.00 e. The highest BCUT2D eigenvalue weighted by molar-refractivity contribution is 4.98. The highest BCUT2D eigenvalue weighted by Crippen LogP contribution is 2.16. The van der Waals surface area contributed by atoms with Crippen molar-refractivity contribution in [2.24, 2.45) is 0 Å². The average Bonchev–Trinajstić information content (AvgIpc) is 2.64. The molecule has 1 rings (SSSR count). The van der Waals surface area contributed by atoms with E-state index in [4.69, 9.17) is 0 Å². The van der Waals surface area contributed by atoms with Gasteiger partial charge in [0.25, 0.3) is 5.56 Å². The summed E-state index contributed by atoms with van der Waals surface area (Å²) < 4.78 is 1.42. The molecule has 2 N–H and O–H groups in total. The van der Waals surface area contributed by atoms with Crippen LogP contribution < -0.4 is 16.0 Å². The van der Waals surface area contributed by atoms with Gasteiger partial charge in [0.2, 0.25) is 0 Å². The zero-order valence-corrected chi connectivity index (χ0v) is 18.2. The zero-order chi connectivity index (χ0) is 19.8. The van der Waals surface area contributed by atoms with E-state index >= 15 is 0 Å². The quantitative estimate of drug-likeness (QED) is 0.532. The van der Waals surface area contributed by atoms with E-state index in [-0.39, 0.29) is 10.3 Å². The molecule has 0 aliphatic carbocycles. The van der Waals surface area contributed by atoms with Gasteiger partial charge in [0.15, 0.2) is 0 Å². The topological polar surface area (TPSA) is 65.7 Å². The van der Waals surface area contributed by atoms with Crippen LogP contribution in [0, 0.1) is 6.92 Å². The van der Waals surface area contributed by atoms with Gasteiger partial charge in [0, 0.05) is 11.8 Å². The summed E-state index contributed by atoms with van der Waals surface area (Å²) in [5, 5.41) is 0. The Morgan fingerprint density at radius 2 is 1.15 bits per heavy atom. The number of hydrogen-bond acceptors (Lipinski definition) is 2. The maximum absolute atomic E-state index is 10.6. The van der Waals surface area contributed by atoms with Crippen molar-refractivity contribution in [2.75, 3.05) is 26.2 Å². The smallest absolute Gasteiger partial charge is 0.325 e. The number of nitrogens with one attached hydrogen (secondary N) is 2. The normalized spacial score (nSPS) is 10.7. The lowest BCUT2D eigenvalue weighted by molar-refractivity contribution is -0.929. The fourth-order valence-electron chi connectivity index (χ4n) is 3.12. The summed E-state index contributed by atoms with van der Waals surface area (Å²) in [5.41, 5.74) is -0.293. The van der Waals surface area contributed by atoms with Crippen LogP contribution in [-0.4, -0.2) is 40.6 Å². The number of halogens is 1. The first-order chi connectivity index (χ1) is 12.4. The summed E-state index contributed by atoms with van der Waals surface area (Å²) in [6.45, 7) is 16.6. The molecule has 0 bridgehead atoms. The van der Waals surface area contributed by atoms with Gasteiger partial charge in [0.05, 0.1) is 26.2 Å². The molecule has 0 aliphatic heterocycles. The van der Waals surface area contributed by atoms with Gasteiger partial charge in [-0.2, -0.15) is 0 Å². The minimum atomic E-state index is -0.467. The Labute approximate surface area is 164 Å². The molecule has 0 atom stereocenters. The number of quaternary nitrogens is 1. The van der Waals surface area contributed by atoms with Crippen molar-refractivity contribution in [1.82, 2.24) is 9.97 Å². The Morgan fingerprint density at radius 1 is 0.778 bits per heavy atom. The van der Waals surface area contributed by atoms with Crippen LogP contribution in [0.2, 0.25) is 0 Å². The SMILES string of the molecule is CCCC[N+](CCCC)(CCCC)CCCC.Cc1c[nH]c(=O)[nH]c1=O.[F-]. The minimum absolute atomic E-state index is 0. The molecule has 0 radical (unpaired) electrons. The third-order valence-corrected chi connectivity index (χ3v) is 4.95. The van der Waals surface area contributed by atoms with Gasteiger partial charge in [-0.05, 0) is 32.6 Å². The van der Waals surface area contributed by atoms with Crippen LogP contribution in [0.25, 0.3) is 0 Å². The van der Waals surface area contributed by atoms with Crippen molar-refractivity contribution in [1.29, 1.82) is 0 Å². The predicted molar refractivity (Wildman–Crippen MR) is 112 cm³/mol. The van der Waals surface area contributed by atoms with Crippen LogP contribution in [0.1, 0.15) is 84.6 Å². The van der Waals surface area contributed by atoms with E-state index in [1.54, 1.807) is 6.92 Å². The number of rotatable bonds is 12. The number of nitrogens with zero attached hydrogens (tertiary/aromatic N) is 1. The van der Waals surface area contributed by atoms with E-state index in [0.717, 1.165) is 0 Å². The molecule has 0 saturated heterocycles. The molecule has 0 unspecified atom stereocenters. The highest BCUT2D eigenvalue weighted by Gasteiger charge is 2.24. The fraction of sp³-hybridized carbons (Fsp3) is 0.810. The number of hydrogen-bond donors (Lipinski definition) is 2. The Hall–Kier alpha value is -1.43. The first-order valence-electron chi connectivity index (χ1n) is 10.6. The van der Waals surface area contributed by atoms with Gasteiger partial charge in [-0.1, -0.05) is 53.4 Å². The minimum Gasteiger partial charge on any atom is -1.00 e. The van der Waals surface area contributed by atoms with E-state index in [1.807, 2.05) is 0 Å². The van der Waals surface area contributed by atoms with Crippen molar-refractivity contribution in [3.8, 4) is 0 Å². The van der Waals surface area contributed by atoms with Gasteiger partial charge < -0.3 is 14.2 Å². The first kappa shape index (κ1) is 27.8. The summed E-state index contributed by atoms with van der Waals surface area (Å²) in [6, 6.07) is 0. The average molecular weight is 388 g/mol. The highest BCUT2D eigenvalue weighted by atomic mass is 19.0. The number of aromatic nitrogens is 2. The maximum Gasteiger partial charge on any atom is 0.325 e. The van der Waals surface area contributed by atoms with E-state index in [2.05, 4.69) is 37.7 Å². The third kappa shape index (κ3) is 12.6. The number of aromatic amines is 2. The second-order valence-corrected chi connectivity index (χ2v) is 7.41. The lowest BCUT2D eigenvalue weighted by Gasteiger charge is -2.39. The molecular formula is C21H42FN3O2. The van der Waals surface area contributed by atoms with Crippen molar-refractivity contribution in [3.05, 3.63) is 32.6 Å². The molecule has 0 amide bonds. The molecule has 1 aromatic rings. The number of H-pyrrole nitrogens is 2. The van der Waals surface area contributed by atoms with Crippen LogP contribution in [0.5, 0.6) is 0 Å². The monoisotopic (exact) mass is 387 g/mol. The fourth-order valence-corrected chi connectivity index (χ4v) is 3.12. The molecule has 5 nitrogen and oxygen atoms in total. The molecule has 1 aromatic heterocycles. The Morgan fingerprint density at radius 3 is 1.41 bits per heavy atom. The second kappa shape index (κ2) is 16.7. The standard InChI is InChI=1S/C16H36N.C5H6N2O2.FH/c1-5-9-13-17(14-10-6-2,15-11-7-3)16-12-8-4;1-3-2-6-5(9)7-4(3)8;/h5-16H2,1-4H3;2H,1H3,(H2,6,7,8,9);1H/q+1;;/p-1. The van der Waals surface area contributed by atoms with E-state index in [9.17, 15) is 9.59 Å². The van der Waals surface area contributed by atoms with Gasteiger partial charge >= 0.3 is 5.69 Å². The summed E-state index contributed by atoms with van der Waals surface area (Å²) in [4.78, 5) is 25.3. The molecule has 0 aliphatic rings. The number of aryl methyl sites for hydroxylation is 1. The Kier molecular flexibility index (Phi) is 17.2. The van der Waals surface area contributed by atoms with Gasteiger partial charge in [-0.15, -0.1) is 0 Å². The first-order valence-corrected chi connectivity index (χ1v) is 10.6. The predicted octanol–water partition coefficient (Wildman–Crippen LogP) is 1.38. The van der Waals surface area contributed by atoms with Gasteiger partial charge in [-0.3, -0.25) is 9.78 Å². The summed E-state index contributed by atoms with van der Waals surface area (Å²) in [6.07, 6.45) is 12.4. The molecule has 0 fully saturated rings. The summed E-state index contributed by atoms with van der Waals surface area (Å²) in [7, 11) is 0. The summed E-state index contributed by atoms with van der Waals surface area (Å²) in [5.74, 6) is 0. The van der Waals surface area contributed by atoms with Crippen LogP contribution in [0.3, 0.4) is 0 Å². The van der Waals surface area contributed by atoms with Crippen LogP contribution in [0.15, 0.2) is 15.8 Å². The van der Waals surface area contributed by atoms with Crippen molar-refractivity contribution >= 4 is 0 Å². The van der Waals surface area contributed by atoms with Gasteiger partial charge in [0.1, 0.15) is 0 Å². The maximum atomic E-state index is 10.6. The second-order valence-electron chi connectivity index (χ2n) is 7.41. The lowest BCUT2D eigenvalue weighted by Crippen LogP contribution is -3.00. The molecule has 0 aromatic carbocycles. The van der Waals surface area contributed by atoms with Crippen LogP contribution >= 0.6 is 0 Å². The van der Waals surface area contributed by atoms with Crippen molar-refractivity contribution in [3.63, 3.8) is 0 Å². The van der Waals surface area contributed by atoms with Gasteiger partial charge in [-0.25, -0.2) is 4.79 Å². The molecule has 0 spiro atoms. The molecule has 160 valence electrons. The molecule has 27 heavy (non-hydrogen) atoms. The summed E-state index contributed by atoms with van der Waals surface area (Å²) >= 11 is 0. The molecular weight excluding hydrogens is 345 g/mol. The zero-order valence-electron chi connectivity index (χ0n) is 18.2. The lowest BCUT2D eigenvalue weighted by atomic mass is 10.1. The Bertz CT molecular complexity index is 532. The van der Waals surface area contributed by atoms with E-state index < -0.39 is 5.69 Å². The third-order valence-electron chi connectivity index (χ3n) is 4.95. The van der Waals surface area contributed by atoms with Crippen LogP contribution in [0.4, 0.5) is 0 Å². The molecule has 1 heterocycles. The van der Waals surface area contributed by atoms with E-state index in [1.165, 1.54) is 88.2 Å². The van der Waals surface area contributed by atoms with Crippen molar-refractivity contribution in [2.45, 2.75) is 86.0 Å². The Balaban J connectivity index is 0. The molecule has 6 heteroatoms. The van der Waals surface area contributed by atoms with Crippen LogP contribution in [-0.2, 0) is 0 Å².